The Kier molecular flexibility index (Phi) is 3.85. The quantitative estimate of drug-likeness (QED) is 0.933. The summed E-state index contributed by atoms with van der Waals surface area (Å²) in [5, 5.41) is 17.1. The van der Waals surface area contributed by atoms with Gasteiger partial charge >= 0.3 is 0 Å². The molecular formula is C12H17BrN4. The Morgan fingerprint density at radius 2 is 2.59 bits per heavy atom. The zero-order chi connectivity index (χ0) is 12.3. The molecule has 1 aliphatic carbocycles. The lowest BCUT2D eigenvalue weighted by Gasteiger charge is -2.36. The van der Waals surface area contributed by atoms with Gasteiger partial charge in [0.25, 0.3) is 0 Å². The summed E-state index contributed by atoms with van der Waals surface area (Å²) in [6, 6.07) is 2.79. The maximum absolute atomic E-state index is 9.39. The zero-order valence-electron chi connectivity index (χ0n) is 9.99. The molecule has 5 heteroatoms. The van der Waals surface area contributed by atoms with Gasteiger partial charge < -0.3 is 0 Å². The van der Waals surface area contributed by atoms with E-state index >= 15 is 0 Å². The summed E-state index contributed by atoms with van der Waals surface area (Å²) in [7, 11) is 0. The second-order valence-corrected chi connectivity index (χ2v) is 5.53. The van der Waals surface area contributed by atoms with Gasteiger partial charge in [-0.2, -0.15) is 10.4 Å². The first-order valence-corrected chi connectivity index (χ1v) is 6.84. The van der Waals surface area contributed by atoms with Gasteiger partial charge in [-0.15, -0.1) is 0 Å². The van der Waals surface area contributed by atoms with Crippen LogP contribution in [0.15, 0.2) is 16.9 Å². The molecule has 0 saturated heterocycles. The molecule has 0 spiro atoms. The van der Waals surface area contributed by atoms with E-state index in [2.05, 4.69) is 32.4 Å². The van der Waals surface area contributed by atoms with E-state index in [0.29, 0.717) is 6.04 Å². The van der Waals surface area contributed by atoms with Crippen molar-refractivity contribution < 1.29 is 0 Å². The highest BCUT2D eigenvalue weighted by atomic mass is 79.9. The molecule has 2 rings (SSSR count). The van der Waals surface area contributed by atoms with Crippen LogP contribution in [-0.4, -0.2) is 21.9 Å². The molecule has 1 fully saturated rings. The summed E-state index contributed by atoms with van der Waals surface area (Å²) in [4.78, 5) is 0. The summed E-state index contributed by atoms with van der Waals surface area (Å²) < 4.78 is 2.97. The molecule has 1 aromatic heterocycles. The van der Waals surface area contributed by atoms with Crippen LogP contribution in [0.4, 0.5) is 0 Å². The number of nitriles is 1. The molecular weight excluding hydrogens is 280 g/mol. The van der Waals surface area contributed by atoms with Gasteiger partial charge in [0, 0.05) is 12.6 Å². The molecule has 0 bridgehead atoms. The number of halogens is 1. The SMILES string of the molecule is CCNC1(C#N)CCCC(n2cc(Br)cn2)C1. The third-order valence-corrected chi connectivity index (χ3v) is 3.81. The number of nitrogens with one attached hydrogen (secondary N) is 1. The summed E-state index contributed by atoms with van der Waals surface area (Å²) >= 11 is 3.41. The first-order valence-electron chi connectivity index (χ1n) is 6.05. The second-order valence-electron chi connectivity index (χ2n) is 4.61. The fourth-order valence-electron chi connectivity index (χ4n) is 2.63. The summed E-state index contributed by atoms with van der Waals surface area (Å²) in [6.07, 6.45) is 7.74. The van der Waals surface area contributed by atoms with Gasteiger partial charge in [-0.05, 0) is 41.7 Å². The van der Waals surface area contributed by atoms with Gasteiger partial charge in [0.05, 0.1) is 22.8 Å². The van der Waals surface area contributed by atoms with Crippen molar-refractivity contribution >= 4 is 15.9 Å². The number of aromatic nitrogens is 2. The van der Waals surface area contributed by atoms with E-state index in [-0.39, 0.29) is 5.54 Å². The van der Waals surface area contributed by atoms with Gasteiger partial charge in [-0.25, -0.2) is 0 Å². The first kappa shape index (κ1) is 12.6. The van der Waals surface area contributed by atoms with Crippen molar-refractivity contribution in [1.82, 2.24) is 15.1 Å². The highest BCUT2D eigenvalue weighted by molar-refractivity contribution is 9.10. The van der Waals surface area contributed by atoms with E-state index in [1.807, 2.05) is 17.8 Å². The van der Waals surface area contributed by atoms with Crippen molar-refractivity contribution in [1.29, 1.82) is 5.26 Å². The average Bonchev–Trinajstić information content (AvgIpc) is 2.77. The summed E-state index contributed by atoms with van der Waals surface area (Å²) in [6.45, 7) is 2.89. The van der Waals surface area contributed by atoms with E-state index in [9.17, 15) is 5.26 Å². The molecule has 0 aliphatic heterocycles. The van der Waals surface area contributed by atoms with Gasteiger partial charge in [-0.1, -0.05) is 6.92 Å². The number of hydrogen-bond acceptors (Lipinski definition) is 3. The van der Waals surface area contributed by atoms with Crippen LogP contribution in [0.1, 0.15) is 38.6 Å². The second kappa shape index (κ2) is 5.19. The van der Waals surface area contributed by atoms with Crippen molar-refractivity contribution in [3.05, 3.63) is 16.9 Å². The van der Waals surface area contributed by atoms with Gasteiger partial charge in [0.15, 0.2) is 0 Å². The minimum absolute atomic E-state index is 0.328. The smallest absolute Gasteiger partial charge is 0.108 e. The highest BCUT2D eigenvalue weighted by Gasteiger charge is 2.36. The van der Waals surface area contributed by atoms with E-state index in [1.54, 1.807) is 6.20 Å². The summed E-state index contributed by atoms with van der Waals surface area (Å²) in [5.74, 6) is 0. The maximum Gasteiger partial charge on any atom is 0.108 e. The fourth-order valence-corrected chi connectivity index (χ4v) is 2.93. The largest absolute Gasteiger partial charge is 0.300 e. The minimum atomic E-state index is -0.365. The molecule has 17 heavy (non-hydrogen) atoms. The lowest BCUT2D eigenvalue weighted by atomic mass is 9.80. The lowest BCUT2D eigenvalue weighted by molar-refractivity contribution is 0.223. The van der Waals surface area contributed by atoms with Gasteiger partial charge in [0.2, 0.25) is 0 Å². The highest BCUT2D eigenvalue weighted by Crippen LogP contribution is 2.35. The Bertz CT molecular complexity index is 418. The van der Waals surface area contributed by atoms with E-state index in [1.165, 1.54) is 0 Å². The zero-order valence-corrected chi connectivity index (χ0v) is 11.6. The van der Waals surface area contributed by atoms with Crippen LogP contribution in [-0.2, 0) is 0 Å². The molecule has 2 unspecified atom stereocenters. The third-order valence-electron chi connectivity index (χ3n) is 3.40. The Morgan fingerprint density at radius 3 is 3.18 bits per heavy atom. The molecule has 0 aromatic carbocycles. The van der Waals surface area contributed by atoms with Crippen molar-refractivity contribution in [3.63, 3.8) is 0 Å². The molecule has 92 valence electrons. The Balaban J connectivity index is 2.14. The predicted octanol–water partition coefficient (Wildman–Crippen LogP) is 2.63. The van der Waals surface area contributed by atoms with Crippen LogP contribution in [0.3, 0.4) is 0 Å². The monoisotopic (exact) mass is 296 g/mol. The van der Waals surface area contributed by atoms with Crippen molar-refractivity contribution in [2.45, 2.75) is 44.2 Å². The molecule has 1 aromatic rings. The Labute approximate surface area is 110 Å². The van der Waals surface area contributed by atoms with Crippen LogP contribution >= 0.6 is 15.9 Å². The fraction of sp³-hybridized carbons (Fsp3) is 0.667. The van der Waals surface area contributed by atoms with E-state index < -0.39 is 0 Å². The van der Waals surface area contributed by atoms with Crippen LogP contribution in [0.5, 0.6) is 0 Å². The lowest BCUT2D eigenvalue weighted by Crippen LogP contribution is -2.47. The average molecular weight is 297 g/mol. The topological polar surface area (TPSA) is 53.6 Å². The maximum atomic E-state index is 9.39. The molecule has 1 N–H and O–H groups in total. The predicted molar refractivity (Wildman–Crippen MR) is 69.5 cm³/mol. The number of nitrogens with zero attached hydrogens (tertiary/aromatic N) is 3. The standard InChI is InChI=1S/C12H17BrN4/c1-2-15-12(9-14)5-3-4-11(6-12)17-8-10(13)7-16-17/h7-8,11,15H,2-6H2,1H3. The van der Waals surface area contributed by atoms with E-state index in [0.717, 1.165) is 36.7 Å². The van der Waals surface area contributed by atoms with Crippen LogP contribution in [0.25, 0.3) is 0 Å². The molecule has 1 saturated carbocycles. The van der Waals surface area contributed by atoms with E-state index in [4.69, 9.17) is 0 Å². The Hall–Kier alpha value is -0.860. The van der Waals surface area contributed by atoms with Gasteiger partial charge in [0.1, 0.15) is 5.54 Å². The Morgan fingerprint density at radius 1 is 1.76 bits per heavy atom. The molecule has 0 amide bonds. The van der Waals surface area contributed by atoms with Crippen LogP contribution in [0, 0.1) is 11.3 Å². The molecule has 1 aliphatic rings. The normalized spacial score (nSPS) is 28.9. The summed E-state index contributed by atoms with van der Waals surface area (Å²) in [5.41, 5.74) is -0.365. The van der Waals surface area contributed by atoms with Crippen molar-refractivity contribution in [3.8, 4) is 6.07 Å². The molecule has 0 radical (unpaired) electrons. The molecule has 1 heterocycles. The number of hydrogen-bond donors (Lipinski definition) is 1. The van der Waals surface area contributed by atoms with Gasteiger partial charge in [-0.3, -0.25) is 10.00 Å². The number of rotatable bonds is 3. The van der Waals surface area contributed by atoms with Crippen LogP contribution < -0.4 is 5.32 Å². The third kappa shape index (κ3) is 2.70. The molecule has 4 nitrogen and oxygen atoms in total. The van der Waals surface area contributed by atoms with Crippen molar-refractivity contribution in [2.24, 2.45) is 0 Å². The van der Waals surface area contributed by atoms with Crippen LogP contribution in [0.2, 0.25) is 0 Å². The minimum Gasteiger partial charge on any atom is -0.300 e. The first-order chi connectivity index (χ1) is 8.19. The molecule has 2 atom stereocenters. The van der Waals surface area contributed by atoms with Crippen molar-refractivity contribution in [2.75, 3.05) is 6.54 Å².